The molecule has 0 fully saturated rings. The predicted octanol–water partition coefficient (Wildman–Crippen LogP) is 4.03. The number of amides is 2. The Labute approximate surface area is 156 Å². The average molecular weight is 404 g/mol. The normalized spacial score (nSPS) is 10.2. The number of unbranched alkanes of at least 4 members (excludes halogenated alkanes) is 1. The minimum Gasteiger partial charge on any atom is -0.375 e. The van der Waals surface area contributed by atoms with E-state index in [1.54, 1.807) is 24.3 Å². The van der Waals surface area contributed by atoms with Gasteiger partial charge in [0.15, 0.2) is 0 Å². The van der Waals surface area contributed by atoms with Gasteiger partial charge in [-0.2, -0.15) is 0 Å². The molecule has 0 atom stereocenters. The fraction of sp³-hybridized carbons (Fsp3) is 0.263. The highest BCUT2D eigenvalue weighted by molar-refractivity contribution is 9.10. The molecular formula is C19H22BrN3O2. The third kappa shape index (κ3) is 6.23. The second-order valence-corrected chi connectivity index (χ2v) is 6.42. The van der Waals surface area contributed by atoms with Crippen molar-refractivity contribution in [1.82, 2.24) is 5.32 Å². The van der Waals surface area contributed by atoms with E-state index in [1.807, 2.05) is 24.3 Å². The molecule has 0 aliphatic heterocycles. The molecular weight excluding hydrogens is 382 g/mol. The summed E-state index contributed by atoms with van der Waals surface area (Å²) in [4.78, 5) is 24.0. The lowest BCUT2D eigenvalue weighted by Gasteiger charge is -2.10. The molecule has 3 N–H and O–H groups in total. The number of para-hydroxylation sites is 1. The van der Waals surface area contributed by atoms with Gasteiger partial charge in [0, 0.05) is 28.0 Å². The van der Waals surface area contributed by atoms with Crippen LogP contribution in [0.15, 0.2) is 53.0 Å². The van der Waals surface area contributed by atoms with E-state index in [9.17, 15) is 9.59 Å². The molecule has 25 heavy (non-hydrogen) atoms. The molecule has 0 radical (unpaired) electrons. The van der Waals surface area contributed by atoms with E-state index < -0.39 is 0 Å². The van der Waals surface area contributed by atoms with Crippen molar-refractivity contribution in [1.29, 1.82) is 0 Å². The molecule has 0 heterocycles. The van der Waals surface area contributed by atoms with Crippen molar-refractivity contribution >= 4 is 39.1 Å². The van der Waals surface area contributed by atoms with Crippen LogP contribution >= 0.6 is 15.9 Å². The Morgan fingerprint density at radius 3 is 2.44 bits per heavy atom. The summed E-state index contributed by atoms with van der Waals surface area (Å²) in [5.41, 5.74) is 2.10. The Bertz CT molecular complexity index is 717. The SMILES string of the molecule is CCCCNC(=O)c1ccc(NC(=O)CNc2ccccc2Br)cc1. The Balaban J connectivity index is 1.83. The second kappa shape index (κ2) is 9.84. The summed E-state index contributed by atoms with van der Waals surface area (Å²) in [6, 6.07) is 14.5. The molecule has 0 saturated carbocycles. The highest BCUT2D eigenvalue weighted by Crippen LogP contribution is 2.20. The van der Waals surface area contributed by atoms with Crippen LogP contribution in [-0.4, -0.2) is 24.9 Å². The molecule has 0 unspecified atom stereocenters. The molecule has 0 spiro atoms. The third-order valence-corrected chi connectivity index (χ3v) is 4.25. The molecule has 2 aromatic rings. The number of halogens is 1. The molecule has 5 nitrogen and oxygen atoms in total. The van der Waals surface area contributed by atoms with Gasteiger partial charge in [0.1, 0.15) is 0 Å². The van der Waals surface area contributed by atoms with Crippen molar-refractivity contribution in [2.45, 2.75) is 19.8 Å². The average Bonchev–Trinajstić information content (AvgIpc) is 2.62. The van der Waals surface area contributed by atoms with Crippen molar-refractivity contribution in [2.24, 2.45) is 0 Å². The molecule has 2 aromatic carbocycles. The van der Waals surface area contributed by atoms with E-state index in [0.717, 1.165) is 23.0 Å². The third-order valence-electron chi connectivity index (χ3n) is 3.56. The van der Waals surface area contributed by atoms with Gasteiger partial charge in [0.2, 0.25) is 5.91 Å². The van der Waals surface area contributed by atoms with Crippen molar-refractivity contribution < 1.29 is 9.59 Å². The van der Waals surface area contributed by atoms with Crippen LogP contribution in [0.25, 0.3) is 0 Å². The van der Waals surface area contributed by atoms with Gasteiger partial charge < -0.3 is 16.0 Å². The Morgan fingerprint density at radius 2 is 1.76 bits per heavy atom. The van der Waals surface area contributed by atoms with Crippen LogP contribution in [0.1, 0.15) is 30.1 Å². The van der Waals surface area contributed by atoms with E-state index in [1.165, 1.54) is 0 Å². The fourth-order valence-corrected chi connectivity index (χ4v) is 2.60. The molecule has 6 heteroatoms. The summed E-state index contributed by atoms with van der Waals surface area (Å²) in [5.74, 6) is -0.252. The van der Waals surface area contributed by atoms with Crippen LogP contribution in [-0.2, 0) is 4.79 Å². The fourth-order valence-electron chi connectivity index (χ4n) is 2.17. The molecule has 0 aliphatic carbocycles. The lowest BCUT2D eigenvalue weighted by Crippen LogP contribution is -2.24. The monoisotopic (exact) mass is 403 g/mol. The Kier molecular flexibility index (Phi) is 7.47. The largest absolute Gasteiger partial charge is 0.375 e. The predicted molar refractivity (Wildman–Crippen MR) is 105 cm³/mol. The van der Waals surface area contributed by atoms with Crippen molar-refractivity contribution in [2.75, 3.05) is 23.7 Å². The van der Waals surface area contributed by atoms with Crippen molar-refractivity contribution in [3.8, 4) is 0 Å². The van der Waals surface area contributed by atoms with Crippen LogP contribution in [0.5, 0.6) is 0 Å². The van der Waals surface area contributed by atoms with Gasteiger partial charge in [-0.3, -0.25) is 9.59 Å². The van der Waals surface area contributed by atoms with Crippen LogP contribution in [0.2, 0.25) is 0 Å². The first kappa shape index (κ1) is 19.0. The molecule has 2 rings (SSSR count). The summed E-state index contributed by atoms with van der Waals surface area (Å²) in [7, 11) is 0. The topological polar surface area (TPSA) is 70.2 Å². The number of rotatable bonds is 8. The zero-order chi connectivity index (χ0) is 18.1. The van der Waals surface area contributed by atoms with Crippen LogP contribution < -0.4 is 16.0 Å². The first-order chi connectivity index (χ1) is 12.1. The molecule has 0 aromatic heterocycles. The summed E-state index contributed by atoms with van der Waals surface area (Å²) in [6.07, 6.45) is 2.00. The van der Waals surface area contributed by atoms with E-state index in [-0.39, 0.29) is 18.4 Å². The number of hydrogen-bond acceptors (Lipinski definition) is 3. The summed E-state index contributed by atoms with van der Waals surface area (Å²) in [5, 5.41) is 8.73. The molecule has 0 aliphatic rings. The zero-order valence-corrected chi connectivity index (χ0v) is 15.7. The van der Waals surface area contributed by atoms with Gasteiger partial charge in [-0.05, 0) is 58.7 Å². The number of nitrogens with one attached hydrogen (secondary N) is 3. The highest BCUT2D eigenvalue weighted by Gasteiger charge is 2.07. The maximum absolute atomic E-state index is 12.0. The van der Waals surface area contributed by atoms with Gasteiger partial charge in [-0.25, -0.2) is 0 Å². The quantitative estimate of drug-likeness (QED) is 0.582. The van der Waals surface area contributed by atoms with Crippen LogP contribution in [0, 0.1) is 0 Å². The van der Waals surface area contributed by atoms with Crippen LogP contribution in [0.4, 0.5) is 11.4 Å². The van der Waals surface area contributed by atoms with E-state index in [4.69, 9.17) is 0 Å². The maximum Gasteiger partial charge on any atom is 0.251 e. The number of carbonyl (C=O) groups is 2. The lowest BCUT2D eigenvalue weighted by molar-refractivity contribution is -0.114. The Morgan fingerprint density at radius 1 is 1.04 bits per heavy atom. The molecule has 2 amide bonds. The number of carbonyl (C=O) groups excluding carboxylic acids is 2. The first-order valence-corrected chi connectivity index (χ1v) is 9.06. The van der Waals surface area contributed by atoms with Crippen LogP contribution in [0.3, 0.4) is 0 Å². The molecule has 0 bridgehead atoms. The summed E-state index contributed by atoms with van der Waals surface area (Å²) >= 11 is 3.43. The zero-order valence-electron chi connectivity index (χ0n) is 14.1. The molecule has 0 saturated heterocycles. The smallest absolute Gasteiger partial charge is 0.251 e. The van der Waals surface area contributed by atoms with Gasteiger partial charge >= 0.3 is 0 Å². The van der Waals surface area contributed by atoms with E-state index >= 15 is 0 Å². The number of hydrogen-bond donors (Lipinski definition) is 3. The van der Waals surface area contributed by atoms with Crippen molar-refractivity contribution in [3.63, 3.8) is 0 Å². The summed E-state index contributed by atoms with van der Waals surface area (Å²) in [6.45, 7) is 2.91. The lowest BCUT2D eigenvalue weighted by atomic mass is 10.2. The van der Waals surface area contributed by atoms with E-state index in [0.29, 0.717) is 17.8 Å². The van der Waals surface area contributed by atoms with Crippen molar-refractivity contribution in [3.05, 3.63) is 58.6 Å². The standard InChI is InChI=1S/C19H22BrN3O2/c1-2-3-12-21-19(25)14-8-10-15(11-9-14)23-18(24)13-22-17-7-5-4-6-16(17)20/h4-11,22H,2-3,12-13H2,1H3,(H,21,25)(H,23,24). The summed E-state index contributed by atoms with van der Waals surface area (Å²) < 4.78 is 0.904. The van der Waals surface area contributed by atoms with Gasteiger partial charge in [-0.15, -0.1) is 0 Å². The van der Waals surface area contributed by atoms with Gasteiger partial charge in [-0.1, -0.05) is 25.5 Å². The van der Waals surface area contributed by atoms with Gasteiger partial charge in [0.25, 0.3) is 5.91 Å². The second-order valence-electron chi connectivity index (χ2n) is 5.57. The maximum atomic E-state index is 12.0. The first-order valence-electron chi connectivity index (χ1n) is 8.26. The van der Waals surface area contributed by atoms with E-state index in [2.05, 4.69) is 38.8 Å². The number of anilines is 2. The van der Waals surface area contributed by atoms with Gasteiger partial charge in [0.05, 0.1) is 6.54 Å². The molecule has 132 valence electrons. The highest BCUT2D eigenvalue weighted by atomic mass is 79.9. The minimum absolute atomic E-state index is 0.0954. The Hall–Kier alpha value is -2.34. The number of benzene rings is 2. The minimum atomic E-state index is -0.157.